The van der Waals surface area contributed by atoms with Crippen LogP contribution >= 0.6 is 0 Å². The topological polar surface area (TPSA) is 122 Å². The molecule has 0 aliphatic carbocycles. The van der Waals surface area contributed by atoms with Crippen LogP contribution in [0.5, 0.6) is 5.75 Å². The van der Waals surface area contributed by atoms with Crippen molar-refractivity contribution >= 4 is 17.5 Å². The number of rotatable bonds is 4. The molecular formula is C11H13N3O5. The first-order valence-corrected chi connectivity index (χ1v) is 5.37. The predicted octanol–water partition coefficient (Wildman–Crippen LogP) is 0.165. The molecule has 102 valence electrons. The zero-order valence-electron chi connectivity index (χ0n) is 10.3. The molecule has 0 radical (unpaired) electrons. The minimum absolute atomic E-state index is 0.259. The van der Waals surface area contributed by atoms with Gasteiger partial charge in [-0.1, -0.05) is 6.07 Å². The van der Waals surface area contributed by atoms with Gasteiger partial charge in [-0.05, 0) is 13.0 Å². The van der Waals surface area contributed by atoms with Crippen molar-refractivity contribution < 1.29 is 19.6 Å². The van der Waals surface area contributed by atoms with E-state index in [0.717, 1.165) is 6.07 Å². The minimum atomic E-state index is -0.823. The third kappa shape index (κ3) is 3.18. The summed E-state index contributed by atoms with van der Waals surface area (Å²) >= 11 is 0. The second-order valence-corrected chi connectivity index (χ2v) is 3.74. The van der Waals surface area contributed by atoms with Crippen molar-refractivity contribution in [2.24, 2.45) is 0 Å². The number of phenolic OH excluding ortho intramolecular Hbond substituents is 1. The molecule has 0 spiro atoms. The number of para-hydroxylation sites is 1. The van der Waals surface area contributed by atoms with Gasteiger partial charge < -0.3 is 15.7 Å². The Labute approximate surface area is 108 Å². The molecule has 0 heterocycles. The lowest BCUT2D eigenvalue weighted by Crippen LogP contribution is -2.43. The summed E-state index contributed by atoms with van der Waals surface area (Å²) in [4.78, 5) is 32.9. The standard InChI is InChI=1S/C11H13N3O5/c1-6(10(16)12-2)13-11(17)7-4-3-5-8(9(7)15)14(18)19/h3-6,15H,1-2H3,(H,12,16)(H,13,17). The van der Waals surface area contributed by atoms with Crippen molar-refractivity contribution in [3.63, 3.8) is 0 Å². The summed E-state index contributed by atoms with van der Waals surface area (Å²) in [6, 6.07) is 2.76. The Kier molecular flexibility index (Phi) is 4.41. The van der Waals surface area contributed by atoms with Gasteiger partial charge in [0.25, 0.3) is 5.91 Å². The van der Waals surface area contributed by atoms with Gasteiger partial charge in [-0.25, -0.2) is 0 Å². The van der Waals surface area contributed by atoms with E-state index >= 15 is 0 Å². The molecule has 19 heavy (non-hydrogen) atoms. The molecule has 0 bridgehead atoms. The zero-order valence-corrected chi connectivity index (χ0v) is 10.3. The summed E-state index contributed by atoms with van der Waals surface area (Å²) in [5.41, 5.74) is -0.829. The Morgan fingerprint density at radius 2 is 2.05 bits per heavy atom. The number of amides is 2. The zero-order chi connectivity index (χ0) is 14.6. The largest absolute Gasteiger partial charge is 0.502 e. The molecule has 0 aliphatic rings. The summed E-state index contributed by atoms with van der Waals surface area (Å²) in [6.07, 6.45) is 0. The van der Waals surface area contributed by atoms with Crippen LogP contribution in [-0.4, -0.2) is 34.9 Å². The van der Waals surface area contributed by atoms with E-state index in [0.29, 0.717) is 0 Å². The molecule has 1 aromatic rings. The number of benzene rings is 1. The van der Waals surface area contributed by atoms with Gasteiger partial charge in [0.15, 0.2) is 0 Å². The van der Waals surface area contributed by atoms with Gasteiger partial charge >= 0.3 is 5.69 Å². The average molecular weight is 267 g/mol. The van der Waals surface area contributed by atoms with Crippen LogP contribution < -0.4 is 10.6 Å². The molecule has 1 rings (SSSR count). The number of carbonyl (C=O) groups is 2. The number of nitro groups is 1. The van der Waals surface area contributed by atoms with E-state index in [1.54, 1.807) is 0 Å². The van der Waals surface area contributed by atoms with E-state index in [-0.39, 0.29) is 5.56 Å². The highest BCUT2D eigenvalue weighted by molar-refractivity contribution is 6.00. The fourth-order valence-electron chi connectivity index (χ4n) is 1.42. The average Bonchev–Trinajstić information content (AvgIpc) is 2.37. The predicted molar refractivity (Wildman–Crippen MR) is 65.8 cm³/mol. The summed E-state index contributed by atoms with van der Waals surface area (Å²) in [5.74, 6) is -1.91. The number of likely N-dealkylation sites (N-methyl/N-ethyl adjacent to an activating group) is 1. The van der Waals surface area contributed by atoms with E-state index in [4.69, 9.17) is 0 Å². The van der Waals surface area contributed by atoms with Gasteiger partial charge in [0.05, 0.1) is 10.5 Å². The lowest BCUT2D eigenvalue weighted by atomic mass is 10.1. The minimum Gasteiger partial charge on any atom is -0.502 e. The number of hydrogen-bond donors (Lipinski definition) is 3. The van der Waals surface area contributed by atoms with E-state index in [1.807, 2.05) is 0 Å². The maximum atomic E-state index is 11.8. The maximum Gasteiger partial charge on any atom is 0.311 e. The van der Waals surface area contributed by atoms with Crippen LogP contribution in [0.25, 0.3) is 0 Å². The number of nitro benzene ring substituents is 1. The van der Waals surface area contributed by atoms with E-state index in [1.165, 1.54) is 26.1 Å². The van der Waals surface area contributed by atoms with Crippen LogP contribution in [0, 0.1) is 10.1 Å². The summed E-state index contributed by atoms with van der Waals surface area (Å²) in [6.45, 7) is 1.45. The normalized spacial score (nSPS) is 11.5. The Bertz CT molecular complexity index is 529. The SMILES string of the molecule is CNC(=O)C(C)NC(=O)c1cccc([N+](=O)[O-])c1O. The number of phenols is 1. The number of hydrogen-bond acceptors (Lipinski definition) is 5. The summed E-state index contributed by atoms with van der Waals surface area (Å²) in [7, 11) is 1.41. The van der Waals surface area contributed by atoms with Crippen LogP contribution in [-0.2, 0) is 4.79 Å². The van der Waals surface area contributed by atoms with Crippen molar-refractivity contribution in [3.05, 3.63) is 33.9 Å². The molecule has 0 fully saturated rings. The third-order valence-electron chi connectivity index (χ3n) is 2.44. The molecule has 8 heteroatoms. The van der Waals surface area contributed by atoms with E-state index < -0.39 is 34.2 Å². The van der Waals surface area contributed by atoms with Gasteiger partial charge in [0.2, 0.25) is 11.7 Å². The van der Waals surface area contributed by atoms with Crippen LogP contribution in [0.1, 0.15) is 17.3 Å². The quantitative estimate of drug-likeness (QED) is 0.530. The van der Waals surface area contributed by atoms with Crippen molar-refractivity contribution in [1.82, 2.24) is 10.6 Å². The molecule has 1 aromatic carbocycles. The van der Waals surface area contributed by atoms with Crippen molar-refractivity contribution in [1.29, 1.82) is 0 Å². The van der Waals surface area contributed by atoms with E-state index in [9.17, 15) is 24.8 Å². The fraction of sp³-hybridized carbons (Fsp3) is 0.273. The van der Waals surface area contributed by atoms with Crippen molar-refractivity contribution in [2.45, 2.75) is 13.0 Å². The number of aromatic hydroxyl groups is 1. The molecule has 0 saturated heterocycles. The second-order valence-electron chi connectivity index (χ2n) is 3.74. The van der Waals surface area contributed by atoms with Gasteiger partial charge in [-0.2, -0.15) is 0 Å². The highest BCUT2D eigenvalue weighted by Gasteiger charge is 2.23. The van der Waals surface area contributed by atoms with E-state index in [2.05, 4.69) is 10.6 Å². The molecule has 0 aromatic heterocycles. The summed E-state index contributed by atoms with van der Waals surface area (Å²) < 4.78 is 0. The lowest BCUT2D eigenvalue weighted by molar-refractivity contribution is -0.385. The van der Waals surface area contributed by atoms with Gasteiger partial charge in [-0.3, -0.25) is 19.7 Å². The summed E-state index contributed by atoms with van der Waals surface area (Å²) in [5, 5.41) is 24.9. The highest BCUT2D eigenvalue weighted by atomic mass is 16.6. The monoisotopic (exact) mass is 267 g/mol. The highest BCUT2D eigenvalue weighted by Crippen LogP contribution is 2.29. The third-order valence-corrected chi connectivity index (χ3v) is 2.44. The van der Waals surface area contributed by atoms with Crippen LogP contribution in [0.2, 0.25) is 0 Å². The Morgan fingerprint density at radius 3 is 2.58 bits per heavy atom. The fourth-order valence-corrected chi connectivity index (χ4v) is 1.42. The molecule has 1 unspecified atom stereocenters. The molecule has 0 aliphatic heterocycles. The van der Waals surface area contributed by atoms with Crippen LogP contribution in [0.15, 0.2) is 18.2 Å². The smallest absolute Gasteiger partial charge is 0.311 e. The Hall–Kier alpha value is -2.64. The molecule has 3 N–H and O–H groups in total. The number of carbonyl (C=O) groups excluding carboxylic acids is 2. The van der Waals surface area contributed by atoms with Crippen molar-refractivity contribution in [3.8, 4) is 5.75 Å². The van der Waals surface area contributed by atoms with Gasteiger partial charge in [-0.15, -0.1) is 0 Å². The first-order chi connectivity index (χ1) is 8.88. The van der Waals surface area contributed by atoms with Gasteiger partial charge in [0, 0.05) is 13.1 Å². The molecule has 8 nitrogen and oxygen atoms in total. The number of nitrogens with zero attached hydrogens (tertiary/aromatic N) is 1. The Balaban J connectivity index is 2.98. The van der Waals surface area contributed by atoms with Gasteiger partial charge in [0.1, 0.15) is 6.04 Å². The van der Waals surface area contributed by atoms with Crippen LogP contribution in [0.3, 0.4) is 0 Å². The molecule has 1 atom stereocenters. The first kappa shape index (κ1) is 14.4. The first-order valence-electron chi connectivity index (χ1n) is 5.37. The molecular weight excluding hydrogens is 254 g/mol. The Morgan fingerprint density at radius 1 is 1.42 bits per heavy atom. The molecule has 0 saturated carbocycles. The second kappa shape index (κ2) is 5.80. The maximum absolute atomic E-state index is 11.8. The number of nitrogens with one attached hydrogen (secondary N) is 2. The van der Waals surface area contributed by atoms with Crippen molar-refractivity contribution in [2.75, 3.05) is 7.05 Å². The molecule has 2 amide bonds. The van der Waals surface area contributed by atoms with Crippen LogP contribution in [0.4, 0.5) is 5.69 Å². The lowest BCUT2D eigenvalue weighted by Gasteiger charge is -2.12.